The Morgan fingerprint density at radius 1 is 1.20 bits per heavy atom. The van der Waals surface area contributed by atoms with Gasteiger partial charge in [0.1, 0.15) is 5.75 Å². The van der Waals surface area contributed by atoms with Gasteiger partial charge in [-0.3, -0.25) is 4.79 Å². The zero-order valence-corrected chi connectivity index (χ0v) is 14.8. The standard InChI is InChI=1S/C18H20ClN3O3/c1-12(13-3-7-15(19)8-4-13)21-17(23)11-25-22-18(20)14-5-9-16(24-2)10-6-14/h3-10,12H,11H2,1-2H3,(H2,20,22)(H,21,23). The van der Waals surface area contributed by atoms with E-state index < -0.39 is 0 Å². The molecule has 0 saturated carbocycles. The van der Waals surface area contributed by atoms with Crippen molar-refractivity contribution in [2.24, 2.45) is 10.9 Å². The molecular formula is C18H20ClN3O3. The van der Waals surface area contributed by atoms with E-state index in [9.17, 15) is 4.79 Å². The first kappa shape index (κ1) is 18.6. The van der Waals surface area contributed by atoms with Gasteiger partial charge in [-0.1, -0.05) is 28.9 Å². The Bertz CT molecular complexity index is 730. The number of hydrogen-bond acceptors (Lipinski definition) is 4. The first-order chi connectivity index (χ1) is 12.0. The van der Waals surface area contributed by atoms with Gasteiger partial charge in [-0.25, -0.2) is 0 Å². The minimum atomic E-state index is -0.297. The van der Waals surface area contributed by atoms with Gasteiger partial charge in [0.05, 0.1) is 13.2 Å². The molecule has 7 heteroatoms. The SMILES string of the molecule is COc1ccc(C(N)=NOCC(=O)NC(C)c2ccc(Cl)cc2)cc1. The highest BCUT2D eigenvalue weighted by atomic mass is 35.5. The third-order valence-corrected chi connectivity index (χ3v) is 3.74. The second kappa shape index (κ2) is 8.94. The van der Waals surface area contributed by atoms with Crippen molar-refractivity contribution in [3.63, 3.8) is 0 Å². The maximum absolute atomic E-state index is 11.9. The van der Waals surface area contributed by atoms with Crippen LogP contribution in [0.3, 0.4) is 0 Å². The van der Waals surface area contributed by atoms with Crippen molar-refractivity contribution in [1.82, 2.24) is 5.32 Å². The Labute approximate surface area is 151 Å². The van der Waals surface area contributed by atoms with E-state index in [1.165, 1.54) is 0 Å². The fraction of sp³-hybridized carbons (Fsp3) is 0.222. The van der Waals surface area contributed by atoms with E-state index in [4.69, 9.17) is 26.9 Å². The zero-order valence-electron chi connectivity index (χ0n) is 14.0. The lowest BCUT2D eigenvalue weighted by Gasteiger charge is -2.14. The fourth-order valence-electron chi connectivity index (χ4n) is 2.09. The maximum Gasteiger partial charge on any atom is 0.261 e. The third-order valence-electron chi connectivity index (χ3n) is 3.49. The van der Waals surface area contributed by atoms with Crippen LogP contribution in [0.5, 0.6) is 5.75 Å². The molecule has 2 aromatic carbocycles. The van der Waals surface area contributed by atoms with E-state index in [2.05, 4.69) is 10.5 Å². The predicted molar refractivity (Wildman–Crippen MR) is 97.7 cm³/mol. The minimum absolute atomic E-state index is 0.170. The number of oxime groups is 1. The van der Waals surface area contributed by atoms with Crippen LogP contribution in [0.25, 0.3) is 0 Å². The van der Waals surface area contributed by atoms with Crippen molar-refractivity contribution in [1.29, 1.82) is 0 Å². The molecule has 2 aromatic rings. The lowest BCUT2D eigenvalue weighted by molar-refractivity contribution is -0.126. The number of rotatable bonds is 7. The molecule has 0 aromatic heterocycles. The van der Waals surface area contributed by atoms with Gasteiger partial charge in [-0.15, -0.1) is 0 Å². The molecule has 1 amide bonds. The molecule has 0 radical (unpaired) electrons. The van der Waals surface area contributed by atoms with E-state index in [1.807, 2.05) is 19.1 Å². The predicted octanol–water partition coefficient (Wildman–Crippen LogP) is 2.86. The zero-order chi connectivity index (χ0) is 18.2. The van der Waals surface area contributed by atoms with Gasteiger partial charge in [0, 0.05) is 10.6 Å². The summed E-state index contributed by atoms with van der Waals surface area (Å²) in [6, 6.07) is 14.1. The molecule has 0 spiro atoms. The molecule has 1 unspecified atom stereocenters. The smallest absolute Gasteiger partial charge is 0.261 e. The maximum atomic E-state index is 11.9. The first-order valence-electron chi connectivity index (χ1n) is 7.64. The molecule has 2 rings (SSSR count). The molecule has 0 fully saturated rings. The number of ether oxygens (including phenoxy) is 1. The summed E-state index contributed by atoms with van der Waals surface area (Å²) in [7, 11) is 1.58. The van der Waals surface area contributed by atoms with Gasteiger partial charge in [-0.05, 0) is 48.9 Å². The van der Waals surface area contributed by atoms with Crippen molar-refractivity contribution >= 4 is 23.3 Å². The second-order valence-electron chi connectivity index (χ2n) is 5.32. The summed E-state index contributed by atoms with van der Waals surface area (Å²) in [5, 5.41) is 7.21. The average Bonchev–Trinajstić information content (AvgIpc) is 2.62. The summed E-state index contributed by atoms with van der Waals surface area (Å²) in [6.07, 6.45) is 0. The summed E-state index contributed by atoms with van der Waals surface area (Å²) in [5.41, 5.74) is 7.44. The topological polar surface area (TPSA) is 85.9 Å². The third kappa shape index (κ3) is 5.69. The van der Waals surface area contributed by atoms with Gasteiger partial charge in [0.2, 0.25) is 0 Å². The summed E-state index contributed by atoms with van der Waals surface area (Å²) in [4.78, 5) is 16.9. The lowest BCUT2D eigenvalue weighted by Crippen LogP contribution is -2.30. The largest absolute Gasteiger partial charge is 0.497 e. The number of nitrogens with one attached hydrogen (secondary N) is 1. The fourth-order valence-corrected chi connectivity index (χ4v) is 2.22. The highest BCUT2D eigenvalue weighted by Crippen LogP contribution is 2.16. The molecule has 132 valence electrons. The molecule has 0 aliphatic rings. The first-order valence-corrected chi connectivity index (χ1v) is 8.02. The number of nitrogens with zero attached hydrogens (tertiary/aromatic N) is 1. The average molecular weight is 362 g/mol. The van der Waals surface area contributed by atoms with Crippen LogP contribution in [-0.2, 0) is 9.63 Å². The Balaban J connectivity index is 1.83. The van der Waals surface area contributed by atoms with Crippen LogP contribution in [-0.4, -0.2) is 25.5 Å². The molecule has 0 bridgehead atoms. The summed E-state index contributed by atoms with van der Waals surface area (Å²) < 4.78 is 5.07. The van der Waals surface area contributed by atoms with E-state index >= 15 is 0 Å². The van der Waals surface area contributed by atoms with Crippen molar-refractivity contribution in [2.45, 2.75) is 13.0 Å². The van der Waals surface area contributed by atoms with Crippen LogP contribution in [0.4, 0.5) is 0 Å². The number of carbonyl (C=O) groups is 1. The molecule has 6 nitrogen and oxygen atoms in total. The highest BCUT2D eigenvalue weighted by molar-refractivity contribution is 6.30. The Morgan fingerprint density at radius 3 is 2.44 bits per heavy atom. The van der Waals surface area contributed by atoms with E-state index in [0.717, 1.165) is 5.56 Å². The number of hydrogen-bond donors (Lipinski definition) is 2. The van der Waals surface area contributed by atoms with Gasteiger partial charge < -0.3 is 20.6 Å². The Hall–Kier alpha value is -2.73. The van der Waals surface area contributed by atoms with Crippen LogP contribution >= 0.6 is 11.6 Å². The normalized spacial score (nSPS) is 12.4. The van der Waals surface area contributed by atoms with Gasteiger partial charge in [-0.2, -0.15) is 0 Å². The molecule has 0 saturated heterocycles. The van der Waals surface area contributed by atoms with Crippen LogP contribution in [0.15, 0.2) is 53.7 Å². The van der Waals surface area contributed by atoms with Crippen LogP contribution in [0.1, 0.15) is 24.1 Å². The number of carbonyl (C=O) groups excluding carboxylic acids is 1. The number of benzene rings is 2. The quantitative estimate of drug-likeness (QED) is 0.451. The highest BCUT2D eigenvalue weighted by Gasteiger charge is 2.10. The van der Waals surface area contributed by atoms with Crippen LogP contribution < -0.4 is 15.8 Å². The Morgan fingerprint density at radius 2 is 1.84 bits per heavy atom. The van der Waals surface area contributed by atoms with Crippen LogP contribution in [0.2, 0.25) is 5.02 Å². The molecule has 1 atom stereocenters. The summed E-state index contributed by atoms with van der Waals surface area (Å²) in [5.74, 6) is 0.600. The van der Waals surface area contributed by atoms with E-state index in [-0.39, 0.29) is 24.4 Å². The van der Waals surface area contributed by atoms with Crippen molar-refractivity contribution < 1.29 is 14.4 Å². The molecule has 25 heavy (non-hydrogen) atoms. The minimum Gasteiger partial charge on any atom is -0.497 e. The lowest BCUT2D eigenvalue weighted by atomic mass is 10.1. The number of amidine groups is 1. The second-order valence-corrected chi connectivity index (χ2v) is 5.76. The summed E-state index contributed by atoms with van der Waals surface area (Å²) >= 11 is 5.85. The monoisotopic (exact) mass is 361 g/mol. The van der Waals surface area contributed by atoms with E-state index in [0.29, 0.717) is 16.3 Å². The number of nitrogens with two attached hydrogens (primary N) is 1. The molecule has 0 aliphatic heterocycles. The van der Waals surface area contributed by atoms with Gasteiger partial charge >= 0.3 is 0 Å². The number of amides is 1. The number of methoxy groups -OCH3 is 1. The van der Waals surface area contributed by atoms with Gasteiger partial charge in [0.15, 0.2) is 12.4 Å². The van der Waals surface area contributed by atoms with E-state index in [1.54, 1.807) is 43.5 Å². The van der Waals surface area contributed by atoms with Crippen molar-refractivity contribution in [3.8, 4) is 5.75 Å². The summed E-state index contributed by atoms with van der Waals surface area (Å²) in [6.45, 7) is 1.64. The van der Waals surface area contributed by atoms with Gasteiger partial charge in [0.25, 0.3) is 5.91 Å². The van der Waals surface area contributed by atoms with Crippen molar-refractivity contribution in [2.75, 3.05) is 13.7 Å². The molecule has 0 heterocycles. The Kier molecular flexibility index (Phi) is 6.65. The molecular weight excluding hydrogens is 342 g/mol. The van der Waals surface area contributed by atoms with Crippen LogP contribution in [0, 0.1) is 0 Å². The number of halogens is 1. The molecule has 3 N–H and O–H groups in total. The van der Waals surface area contributed by atoms with Crippen molar-refractivity contribution in [3.05, 3.63) is 64.7 Å². The molecule has 0 aliphatic carbocycles.